The molecule has 0 bridgehead atoms. The van der Waals surface area contributed by atoms with Crippen LogP contribution < -0.4 is 5.32 Å². The van der Waals surface area contributed by atoms with E-state index in [4.69, 9.17) is 11.6 Å². The summed E-state index contributed by atoms with van der Waals surface area (Å²) in [4.78, 5) is 0. The van der Waals surface area contributed by atoms with Gasteiger partial charge in [0.2, 0.25) is 0 Å². The second-order valence-corrected chi connectivity index (χ2v) is 4.21. The van der Waals surface area contributed by atoms with Gasteiger partial charge >= 0.3 is 0 Å². The molecule has 0 heterocycles. The summed E-state index contributed by atoms with van der Waals surface area (Å²) in [7, 11) is 0. The largest absolute Gasteiger partial charge is 0.385 e. The van der Waals surface area contributed by atoms with Crippen LogP contribution in [0.4, 0.5) is 5.69 Å². The zero-order valence-electron chi connectivity index (χ0n) is 7.72. The van der Waals surface area contributed by atoms with Crippen LogP contribution in [0.25, 0.3) is 0 Å². The Balaban J connectivity index is 2.28. The predicted octanol–water partition coefficient (Wildman–Crippen LogP) is 3.51. The van der Waals surface area contributed by atoms with Crippen LogP contribution in [-0.2, 0) is 0 Å². The molecule has 0 atom stereocenters. The summed E-state index contributed by atoms with van der Waals surface area (Å²) in [5.74, 6) is 1.20. The van der Waals surface area contributed by atoms with Crippen LogP contribution in [0.1, 0.15) is 6.42 Å². The summed E-state index contributed by atoms with van der Waals surface area (Å²) in [5.41, 5.74) is 1.11. The van der Waals surface area contributed by atoms with Gasteiger partial charge in [-0.15, -0.1) is 0 Å². The average Bonchev–Trinajstić information content (AvgIpc) is 2.13. The minimum Gasteiger partial charge on any atom is -0.385 e. The van der Waals surface area contributed by atoms with Gasteiger partial charge in [-0.1, -0.05) is 17.7 Å². The van der Waals surface area contributed by atoms with Crippen LogP contribution in [0.5, 0.6) is 0 Å². The molecule has 1 aromatic carbocycles. The predicted molar refractivity (Wildman–Crippen MR) is 62.9 cm³/mol. The number of halogens is 1. The second-order valence-electron chi connectivity index (χ2n) is 2.78. The fourth-order valence-corrected chi connectivity index (χ4v) is 1.67. The molecule has 0 fully saturated rings. The SMILES string of the molecule is CSCCCNc1cccc(Cl)c1. The highest BCUT2D eigenvalue weighted by atomic mass is 35.5. The molecule has 0 aliphatic heterocycles. The van der Waals surface area contributed by atoms with E-state index in [2.05, 4.69) is 11.6 Å². The van der Waals surface area contributed by atoms with Crippen LogP contribution in [0.2, 0.25) is 5.02 Å². The summed E-state index contributed by atoms with van der Waals surface area (Å²) >= 11 is 7.71. The highest BCUT2D eigenvalue weighted by Gasteiger charge is 1.92. The van der Waals surface area contributed by atoms with E-state index >= 15 is 0 Å². The first-order valence-corrected chi connectivity index (χ1v) is 6.08. The summed E-state index contributed by atoms with van der Waals surface area (Å²) in [6, 6.07) is 7.82. The molecule has 0 saturated heterocycles. The van der Waals surface area contributed by atoms with Crippen LogP contribution in [0, 0.1) is 0 Å². The van der Waals surface area contributed by atoms with E-state index in [-0.39, 0.29) is 0 Å². The molecule has 0 aliphatic carbocycles. The molecule has 0 radical (unpaired) electrons. The normalized spacial score (nSPS) is 10.0. The quantitative estimate of drug-likeness (QED) is 0.755. The molecule has 0 aliphatic rings. The lowest BCUT2D eigenvalue weighted by molar-refractivity contribution is 0.993. The number of anilines is 1. The van der Waals surface area contributed by atoms with Crippen molar-refractivity contribution in [3.05, 3.63) is 29.3 Å². The molecule has 0 amide bonds. The van der Waals surface area contributed by atoms with Gasteiger partial charge in [0.25, 0.3) is 0 Å². The lowest BCUT2D eigenvalue weighted by Crippen LogP contribution is -2.01. The molecule has 0 saturated carbocycles. The molecule has 13 heavy (non-hydrogen) atoms. The minimum atomic E-state index is 0.787. The van der Waals surface area contributed by atoms with Gasteiger partial charge in [0.1, 0.15) is 0 Å². The molecular formula is C10H14ClNS. The Bertz CT molecular complexity index is 252. The first kappa shape index (κ1) is 10.7. The molecule has 3 heteroatoms. The van der Waals surface area contributed by atoms with Gasteiger partial charge in [0.05, 0.1) is 0 Å². The van der Waals surface area contributed by atoms with E-state index in [1.807, 2.05) is 36.0 Å². The Hall–Kier alpha value is -0.340. The van der Waals surface area contributed by atoms with E-state index in [0.717, 1.165) is 17.3 Å². The highest BCUT2D eigenvalue weighted by molar-refractivity contribution is 7.98. The Morgan fingerprint density at radius 2 is 2.31 bits per heavy atom. The van der Waals surface area contributed by atoms with Gasteiger partial charge < -0.3 is 5.32 Å². The average molecular weight is 216 g/mol. The third-order valence-corrected chi connectivity index (χ3v) is 2.61. The molecule has 1 aromatic rings. The van der Waals surface area contributed by atoms with Crippen molar-refractivity contribution in [2.45, 2.75) is 6.42 Å². The van der Waals surface area contributed by atoms with Gasteiger partial charge in [-0.25, -0.2) is 0 Å². The van der Waals surface area contributed by atoms with Crippen LogP contribution in [0.15, 0.2) is 24.3 Å². The zero-order chi connectivity index (χ0) is 9.52. The van der Waals surface area contributed by atoms with Crippen molar-refractivity contribution >= 4 is 29.1 Å². The van der Waals surface area contributed by atoms with Crippen molar-refractivity contribution in [2.24, 2.45) is 0 Å². The molecule has 1 nitrogen and oxygen atoms in total. The third kappa shape index (κ3) is 4.44. The number of hydrogen-bond donors (Lipinski definition) is 1. The van der Waals surface area contributed by atoms with Gasteiger partial charge in [-0.2, -0.15) is 11.8 Å². The topological polar surface area (TPSA) is 12.0 Å². The van der Waals surface area contributed by atoms with E-state index in [1.54, 1.807) is 0 Å². The first-order chi connectivity index (χ1) is 6.33. The van der Waals surface area contributed by atoms with E-state index in [0.29, 0.717) is 0 Å². The third-order valence-electron chi connectivity index (χ3n) is 1.68. The molecule has 1 N–H and O–H groups in total. The molecule has 0 unspecified atom stereocenters. The molecule has 1 rings (SSSR count). The number of benzene rings is 1. The van der Waals surface area contributed by atoms with E-state index < -0.39 is 0 Å². The maximum absolute atomic E-state index is 5.84. The Kier molecular flexibility index (Phi) is 5.09. The van der Waals surface area contributed by atoms with Crippen LogP contribution in [0.3, 0.4) is 0 Å². The maximum atomic E-state index is 5.84. The lowest BCUT2D eigenvalue weighted by Gasteiger charge is -2.05. The van der Waals surface area contributed by atoms with Gasteiger partial charge in [-0.3, -0.25) is 0 Å². The molecule has 0 spiro atoms. The van der Waals surface area contributed by atoms with Crippen LogP contribution in [-0.4, -0.2) is 18.6 Å². The summed E-state index contributed by atoms with van der Waals surface area (Å²) in [6.07, 6.45) is 3.31. The maximum Gasteiger partial charge on any atom is 0.0426 e. The lowest BCUT2D eigenvalue weighted by atomic mass is 10.3. The van der Waals surface area contributed by atoms with Crippen molar-refractivity contribution in [2.75, 3.05) is 23.9 Å². The molecule has 0 aromatic heterocycles. The van der Waals surface area contributed by atoms with Crippen molar-refractivity contribution < 1.29 is 0 Å². The molecule has 72 valence electrons. The number of thioether (sulfide) groups is 1. The van der Waals surface area contributed by atoms with E-state index in [9.17, 15) is 0 Å². The second kappa shape index (κ2) is 6.17. The van der Waals surface area contributed by atoms with Crippen molar-refractivity contribution in [1.29, 1.82) is 0 Å². The van der Waals surface area contributed by atoms with Crippen molar-refractivity contribution in [1.82, 2.24) is 0 Å². The number of hydrogen-bond acceptors (Lipinski definition) is 2. The fraction of sp³-hybridized carbons (Fsp3) is 0.400. The summed E-state index contributed by atoms with van der Waals surface area (Å²) in [5, 5.41) is 4.11. The first-order valence-electron chi connectivity index (χ1n) is 4.31. The summed E-state index contributed by atoms with van der Waals surface area (Å²) < 4.78 is 0. The standard InChI is InChI=1S/C10H14ClNS/c1-13-7-3-6-12-10-5-2-4-9(11)8-10/h2,4-5,8,12H,3,6-7H2,1H3. The zero-order valence-corrected chi connectivity index (χ0v) is 9.29. The van der Waals surface area contributed by atoms with E-state index in [1.165, 1.54) is 12.2 Å². The minimum absolute atomic E-state index is 0.787. The number of rotatable bonds is 5. The van der Waals surface area contributed by atoms with Gasteiger partial charge in [-0.05, 0) is 36.6 Å². The number of nitrogens with one attached hydrogen (secondary N) is 1. The molecular weight excluding hydrogens is 202 g/mol. The van der Waals surface area contributed by atoms with Crippen molar-refractivity contribution in [3.63, 3.8) is 0 Å². The fourth-order valence-electron chi connectivity index (χ4n) is 1.05. The van der Waals surface area contributed by atoms with Gasteiger partial charge in [0, 0.05) is 17.3 Å². The highest BCUT2D eigenvalue weighted by Crippen LogP contribution is 2.14. The van der Waals surface area contributed by atoms with Crippen molar-refractivity contribution in [3.8, 4) is 0 Å². The smallest absolute Gasteiger partial charge is 0.0426 e. The Morgan fingerprint density at radius 3 is 3.00 bits per heavy atom. The summed E-state index contributed by atoms with van der Waals surface area (Å²) in [6.45, 7) is 1.02. The van der Waals surface area contributed by atoms with Gasteiger partial charge in [0.15, 0.2) is 0 Å². The monoisotopic (exact) mass is 215 g/mol. The Morgan fingerprint density at radius 1 is 1.46 bits per heavy atom. The Labute approximate surface area is 88.9 Å². The van der Waals surface area contributed by atoms with Crippen LogP contribution >= 0.6 is 23.4 Å².